The molecule has 112 valence electrons. The van der Waals surface area contributed by atoms with Gasteiger partial charge in [0.2, 0.25) is 0 Å². The zero-order chi connectivity index (χ0) is 14.9. The third kappa shape index (κ3) is 2.45. The number of halogens is 1. The molecule has 4 rings (SSSR count). The number of hydrogen-bond donors (Lipinski definition) is 2. The van der Waals surface area contributed by atoms with Gasteiger partial charge in [0.25, 0.3) is 0 Å². The van der Waals surface area contributed by atoms with Crippen molar-refractivity contribution < 1.29 is 0 Å². The van der Waals surface area contributed by atoms with Gasteiger partial charge in [0, 0.05) is 32.0 Å². The molecule has 0 aromatic carbocycles. The largest absolute Gasteiger partial charge is 0.314 e. The van der Waals surface area contributed by atoms with E-state index in [1.165, 1.54) is 0 Å². The quantitative estimate of drug-likeness (QED) is 0.753. The molecule has 0 saturated carbocycles. The van der Waals surface area contributed by atoms with E-state index in [0.717, 1.165) is 36.7 Å². The zero-order valence-electron chi connectivity index (χ0n) is 11.8. The van der Waals surface area contributed by atoms with Crippen molar-refractivity contribution in [3.8, 4) is 11.5 Å². The van der Waals surface area contributed by atoms with Crippen molar-refractivity contribution >= 4 is 17.2 Å². The van der Waals surface area contributed by atoms with Crippen LogP contribution in [0.2, 0.25) is 5.02 Å². The Labute approximate surface area is 132 Å². The number of aromatic nitrogens is 4. The fourth-order valence-corrected chi connectivity index (χ4v) is 2.83. The predicted molar refractivity (Wildman–Crippen MR) is 84.8 cm³/mol. The Morgan fingerprint density at radius 3 is 3.00 bits per heavy atom. The van der Waals surface area contributed by atoms with Crippen LogP contribution in [0.5, 0.6) is 0 Å². The fraction of sp³-hybridized carbons (Fsp3) is 0.267. The molecule has 3 aromatic heterocycles. The van der Waals surface area contributed by atoms with Crippen molar-refractivity contribution in [3.63, 3.8) is 0 Å². The normalized spacial score (nSPS) is 18.7. The van der Waals surface area contributed by atoms with E-state index in [1.54, 1.807) is 12.4 Å². The van der Waals surface area contributed by atoms with Crippen LogP contribution in [0.3, 0.4) is 0 Å². The standard InChI is InChI=1S/C15H15ClN6/c16-10-1-2-14-20-8-13(22(14)9-10)15-19-4-3-11(21-15)12-7-17-5-6-18-12/h1-4,8-9,12,17-18H,5-7H2. The summed E-state index contributed by atoms with van der Waals surface area (Å²) in [6.45, 7) is 2.80. The second-order valence-electron chi connectivity index (χ2n) is 5.23. The first-order valence-corrected chi connectivity index (χ1v) is 7.59. The fourth-order valence-electron chi connectivity index (χ4n) is 2.67. The predicted octanol–water partition coefficient (Wildman–Crippen LogP) is 1.68. The van der Waals surface area contributed by atoms with E-state index in [-0.39, 0.29) is 6.04 Å². The average Bonchev–Trinajstić information content (AvgIpc) is 2.99. The van der Waals surface area contributed by atoms with E-state index in [0.29, 0.717) is 10.8 Å². The molecule has 0 amide bonds. The minimum absolute atomic E-state index is 0.207. The number of nitrogens with zero attached hydrogens (tertiary/aromatic N) is 4. The first kappa shape index (κ1) is 13.6. The molecule has 2 N–H and O–H groups in total. The molecule has 1 fully saturated rings. The minimum Gasteiger partial charge on any atom is -0.314 e. The van der Waals surface area contributed by atoms with Crippen LogP contribution in [0.15, 0.2) is 36.8 Å². The third-order valence-electron chi connectivity index (χ3n) is 3.77. The number of piperazine rings is 1. The highest BCUT2D eigenvalue weighted by Crippen LogP contribution is 2.21. The van der Waals surface area contributed by atoms with Gasteiger partial charge in [0.1, 0.15) is 11.3 Å². The van der Waals surface area contributed by atoms with Crippen LogP contribution in [0, 0.1) is 0 Å². The van der Waals surface area contributed by atoms with E-state index < -0.39 is 0 Å². The lowest BCUT2D eigenvalue weighted by atomic mass is 10.1. The van der Waals surface area contributed by atoms with Gasteiger partial charge in [-0.3, -0.25) is 4.40 Å². The van der Waals surface area contributed by atoms with Crippen LogP contribution >= 0.6 is 11.6 Å². The molecule has 7 heteroatoms. The number of fused-ring (bicyclic) bond motifs is 1. The summed E-state index contributed by atoms with van der Waals surface area (Å²) in [4.78, 5) is 13.5. The molecular weight excluding hydrogens is 300 g/mol. The van der Waals surface area contributed by atoms with Gasteiger partial charge in [-0.15, -0.1) is 0 Å². The summed E-state index contributed by atoms with van der Waals surface area (Å²) in [5.41, 5.74) is 2.64. The second-order valence-corrected chi connectivity index (χ2v) is 5.67. The highest BCUT2D eigenvalue weighted by atomic mass is 35.5. The summed E-state index contributed by atoms with van der Waals surface area (Å²) in [6, 6.07) is 5.85. The molecule has 1 aliphatic heterocycles. The highest BCUT2D eigenvalue weighted by molar-refractivity contribution is 6.30. The molecule has 0 spiro atoms. The molecule has 0 bridgehead atoms. The maximum atomic E-state index is 6.08. The van der Waals surface area contributed by atoms with Gasteiger partial charge < -0.3 is 10.6 Å². The van der Waals surface area contributed by atoms with E-state index in [2.05, 4.69) is 20.6 Å². The molecule has 0 aliphatic carbocycles. The summed E-state index contributed by atoms with van der Waals surface area (Å²) in [6.07, 6.45) is 5.39. The van der Waals surface area contributed by atoms with Crippen molar-refractivity contribution in [1.29, 1.82) is 0 Å². The van der Waals surface area contributed by atoms with Gasteiger partial charge in [0.15, 0.2) is 5.82 Å². The third-order valence-corrected chi connectivity index (χ3v) is 4.00. The van der Waals surface area contributed by atoms with Gasteiger partial charge in [-0.1, -0.05) is 11.6 Å². The average molecular weight is 315 g/mol. The first-order valence-electron chi connectivity index (χ1n) is 7.21. The van der Waals surface area contributed by atoms with Crippen molar-refractivity contribution in [1.82, 2.24) is 30.0 Å². The van der Waals surface area contributed by atoms with Crippen molar-refractivity contribution in [2.75, 3.05) is 19.6 Å². The molecule has 4 heterocycles. The molecule has 22 heavy (non-hydrogen) atoms. The number of rotatable bonds is 2. The maximum absolute atomic E-state index is 6.08. The van der Waals surface area contributed by atoms with E-state index in [9.17, 15) is 0 Å². The van der Waals surface area contributed by atoms with Crippen LogP contribution in [0.1, 0.15) is 11.7 Å². The number of pyridine rings is 1. The topological polar surface area (TPSA) is 67.1 Å². The zero-order valence-corrected chi connectivity index (χ0v) is 12.6. The van der Waals surface area contributed by atoms with E-state index in [4.69, 9.17) is 16.6 Å². The Morgan fingerprint density at radius 2 is 2.14 bits per heavy atom. The summed E-state index contributed by atoms with van der Waals surface area (Å²) in [5.74, 6) is 0.652. The number of imidazole rings is 1. The molecule has 0 radical (unpaired) electrons. The smallest absolute Gasteiger partial charge is 0.178 e. The van der Waals surface area contributed by atoms with Crippen LogP contribution in [0.4, 0.5) is 0 Å². The maximum Gasteiger partial charge on any atom is 0.178 e. The van der Waals surface area contributed by atoms with Gasteiger partial charge >= 0.3 is 0 Å². The molecule has 1 unspecified atom stereocenters. The Kier molecular flexibility index (Phi) is 3.49. The lowest BCUT2D eigenvalue weighted by Gasteiger charge is -2.24. The highest BCUT2D eigenvalue weighted by Gasteiger charge is 2.17. The summed E-state index contributed by atoms with van der Waals surface area (Å²) >= 11 is 6.08. The SMILES string of the molecule is Clc1ccc2ncc(-c3nccc(C4CNCCN4)n3)n2c1. The molecule has 1 atom stereocenters. The van der Waals surface area contributed by atoms with Gasteiger partial charge in [-0.05, 0) is 18.2 Å². The Hall–Kier alpha value is -2.02. The van der Waals surface area contributed by atoms with Gasteiger partial charge in [-0.2, -0.15) is 0 Å². The first-order chi connectivity index (χ1) is 10.8. The lowest BCUT2D eigenvalue weighted by Crippen LogP contribution is -2.43. The van der Waals surface area contributed by atoms with Crippen molar-refractivity contribution in [2.45, 2.75) is 6.04 Å². The Balaban J connectivity index is 1.76. The molecular formula is C15H15ClN6. The van der Waals surface area contributed by atoms with E-state index >= 15 is 0 Å². The Bertz CT molecular complexity index is 809. The van der Waals surface area contributed by atoms with Crippen LogP contribution in [0.25, 0.3) is 17.2 Å². The summed E-state index contributed by atoms with van der Waals surface area (Å²) < 4.78 is 1.91. The summed E-state index contributed by atoms with van der Waals surface area (Å²) in [7, 11) is 0. The van der Waals surface area contributed by atoms with E-state index in [1.807, 2.05) is 28.8 Å². The van der Waals surface area contributed by atoms with Crippen molar-refractivity contribution in [2.24, 2.45) is 0 Å². The van der Waals surface area contributed by atoms with Gasteiger partial charge in [-0.25, -0.2) is 15.0 Å². The molecule has 6 nitrogen and oxygen atoms in total. The lowest BCUT2D eigenvalue weighted by molar-refractivity contribution is 0.423. The van der Waals surface area contributed by atoms with Crippen LogP contribution < -0.4 is 10.6 Å². The molecule has 1 saturated heterocycles. The van der Waals surface area contributed by atoms with Gasteiger partial charge in [0.05, 0.1) is 23.0 Å². The van der Waals surface area contributed by atoms with Crippen LogP contribution in [-0.2, 0) is 0 Å². The van der Waals surface area contributed by atoms with Crippen molar-refractivity contribution in [3.05, 3.63) is 47.5 Å². The molecule has 3 aromatic rings. The minimum atomic E-state index is 0.207. The number of hydrogen-bond acceptors (Lipinski definition) is 5. The Morgan fingerprint density at radius 1 is 1.18 bits per heavy atom. The summed E-state index contributed by atoms with van der Waals surface area (Å²) in [5, 5.41) is 7.48. The monoisotopic (exact) mass is 314 g/mol. The van der Waals surface area contributed by atoms with Crippen LogP contribution in [-0.4, -0.2) is 39.0 Å². The molecule has 1 aliphatic rings. The number of nitrogens with one attached hydrogen (secondary N) is 2. The second kappa shape index (κ2) is 5.64.